The fourth-order valence-corrected chi connectivity index (χ4v) is 6.31. The number of aliphatic hydroxyl groups excluding tert-OH is 2. The van der Waals surface area contributed by atoms with Gasteiger partial charge in [0, 0.05) is 11.5 Å². The number of likely N-dealkylation sites (N-methyl/N-ethyl adjacent to an activating group) is 1. The van der Waals surface area contributed by atoms with Crippen LogP contribution in [0.25, 0.3) is 11.1 Å². The SMILES string of the molecule is CN(C)[C@H]1C(O)=C(C(N)=O)C(=O)[C@]2(O)C(O)=C3C(=O)c4c(O)ccc(-c5ccc(C(=O)O)cc5)c4C[C@H]3C[C@@H]12. The molecule has 1 amide bonds. The molecule has 7 N–H and O–H groups in total. The number of aliphatic hydroxyl groups is 3. The maximum atomic E-state index is 13.8. The van der Waals surface area contributed by atoms with Gasteiger partial charge in [0.2, 0.25) is 5.78 Å². The Kier molecular flexibility index (Phi) is 5.89. The number of benzene rings is 2. The zero-order valence-corrected chi connectivity index (χ0v) is 21.0. The summed E-state index contributed by atoms with van der Waals surface area (Å²) in [6.45, 7) is 0. The van der Waals surface area contributed by atoms with Gasteiger partial charge in [-0.05, 0) is 67.7 Å². The lowest BCUT2D eigenvalue weighted by Crippen LogP contribution is -2.63. The lowest BCUT2D eigenvalue weighted by atomic mass is 9.58. The smallest absolute Gasteiger partial charge is 0.335 e. The van der Waals surface area contributed by atoms with Crippen LogP contribution in [0.5, 0.6) is 5.75 Å². The number of Topliss-reactive ketones (excluding diaryl/α,β-unsaturated/α-hetero) is 2. The Balaban J connectivity index is 1.70. The van der Waals surface area contributed by atoms with E-state index in [-0.39, 0.29) is 35.3 Å². The van der Waals surface area contributed by atoms with Gasteiger partial charge in [0.15, 0.2) is 11.4 Å². The molecule has 11 heteroatoms. The standard InChI is InChI=1S/C28H26N2O9/c1-30(2)21-16-10-13-9-15-14(11-3-5-12(6-4-11)27(37)38)7-8-17(31)19(15)22(32)18(13)24(34)28(16,39)25(35)20(23(21)33)26(29)36/h3-8,13,16,21,31,33-34,39H,9-10H2,1-2H3,(H2,29,36)(H,37,38)/t13-,16-,21+,28+/m0/s1. The first-order valence-corrected chi connectivity index (χ1v) is 12.1. The molecular weight excluding hydrogens is 508 g/mol. The van der Waals surface area contributed by atoms with E-state index in [0.717, 1.165) is 0 Å². The van der Waals surface area contributed by atoms with E-state index in [1.54, 1.807) is 32.3 Å². The van der Waals surface area contributed by atoms with Crippen LogP contribution in [0.1, 0.15) is 32.7 Å². The molecular formula is C28H26N2O9. The number of phenols is 1. The second-order valence-electron chi connectivity index (χ2n) is 10.3. The van der Waals surface area contributed by atoms with Crippen LogP contribution in [0, 0.1) is 11.8 Å². The molecule has 39 heavy (non-hydrogen) atoms. The number of primary amides is 1. The van der Waals surface area contributed by atoms with E-state index in [1.165, 1.54) is 23.1 Å². The molecule has 3 aliphatic carbocycles. The van der Waals surface area contributed by atoms with Crippen molar-refractivity contribution in [2.45, 2.75) is 24.5 Å². The van der Waals surface area contributed by atoms with E-state index in [9.17, 15) is 44.7 Å². The summed E-state index contributed by atoms with van der Waals surface area (Å²) in [6.07, 6.45) is 0.0950. The maximum absolute atomic E-state index is 13.8. The van der Waals surface area contributed by atoms with Gasteiger partial charge in [-0.1, -0.05) is 18.2 Å². The van der Waals surface area contributed by atoms with E-state index in [0.29, 0.717) is 16.7 Å². The van der Waals surface area contributed by atoms with Crippen molar-refractivity contribution in [2.75, 3.05) is 14.1 Å². The molecule has 2 aromatic carbocycles. The largest absolute Gasteiger partial charge is 0.510 e. The second kappa shape index (κ2) is 8.79. The van der Waals surface area contributed by atoms with Crippen LogP contribution in [0.15, 0.2) is 59.1 Å². The molecule has 0 radical (unpaired) electrons. The van der Waals surface area contributed by atoms with E-state index < -0.39 is 64.0 Å². The summed E-state index contributed by atoms with van der Waals surface area (Å²) < 4.78 is 0. The number of carboxylic acids is 1. The van der Waals surface area contributed by atoms with Crippen molar-refractivity contribution in [3.63, 3.8) is 0 Å². The molecule has 0 spiro atoms. The Morgan fingerprint density at radius 3 is 2.23 bits per heavy atom. The predicted octanol–water partition coefficient (Wildman–Crippen LogP) is 1.49. The average molecular weight is 535 g/mol. The van der Waals surface area contributed by atoms with Gasteiger partial charge in [0.25, 0.3) is 5.91 Å². The average Bonchev–Trinajstić information content (AvgIpc) is 2.86. The van der Waals surface area contributed by atoms with Crippen LogP contribution in [0.2, 0.25) is 0 Å². The molecule has 2 aromatic rings. The predicted molar refractivity (Wildman–Crippen MR) is 136 cm³/mol. The second-order valence-corrected chi connectivity index (χ2v) is 10.3. The van der Waals surface area contributed by atoms with Gasteiger partial charge in [0.1, 0.15) is 22.8 Å². The number of aromatic carboxylic acids is 1. The highest BCUT2D eigenvalue weighted by atomic mass is 16.4. The van der Waals surface area contributed by atoms with E-state index in [1.807, 2.05) is 0 Å². The highest BCUT2D eigenvalue weighted by Crippen LogP contribution is 2.53. The summed E-state index contributed by atoms with van der Waals surface area (Å²) in [7, 11) is 3.12. The third-order valence-corrected chi connectivity index (χ3v) is 8.05. The molecule has 0 unspecified atom stereocenters. The summed E-state index contributed by atoms with van der Waals surface area (Å²) in [5.74, 6) is -8.25. The van der Waals surface area contributed by atoms with Crippen molar-refractivity contribution in [1.29, 1.82) is 0 Å². The summed E-state index contributed by atoms with van der Waals surface area (Å²) in [5.41, 5.74) is 3.10. The minimum absolute atomic E-state index is 0.0290. The van der Waals surface area contributed by atoms with Crippen molar-refractivity contribution < 1.29 is 44.7 Å². The molecule has 11 nitrogen and oxygen atoms in total. The molecule has 0 aromatic heterocycles. The zero-order valence-electron chi connectivity index (χ0n) is 21.0. The molecule has 0 saturated carbocycles. The topological polar surface area (TPSA) is 199 Å². The number of allylic oxidation sites excluding steroid dienone is 1. The number of phenolic OH excluding ortho intramolecular Hbond substituents is 1. The third kappa shape index (κ3) is 3.57. The number of hydrogen-bond donors (Lipinski definition) is 6. The molecule has 0 heterocycles. The Labute approximate surface area is 222 Å². The number of carbonyl (C=O) groups excluding carboxylic acids is 3. The Hall–Kier alpha value is -4.48. The number of fused-ring (bicyclic) bond motifs is 3. The number of ketones is 2. The first kappa shape index (κ1) is 26.1. The highest BCUT2D eigenvalue weighted by molar-refractivity contribution is 6.24. The van der Waals surface area contributed by atoms with Crippen LogP contribution in [-0.4, -0.2) is 79.6 Å². The van der Waals surface area contributed by atoms with Gasteiger partial charge >= 0.3 is 5.97 Å². The fourth-order valence-electron chi connectivity index (χ4n) is 6.31. The van der Waals surface area contributed by atoms with E-state index >= 15 is 0 Å². The van der Waals surface area contributed by atoms with Gasteiger partial charge in [-0.15, -0.1) is 0 Å². The van der Waals surface area contributed by atoms with E-state index in [4.69, 9.17) is 5.73 Å². The number of rotatable bonds is 4. The van der Waals surface area contributed by atoms with Gasteiger partial charge < -0.3 is 31.3 Å². The Morgan fingerprint density at radius 2 is 1.67 bits per heavy atom. The lowest BCUT2D eigenvalue weighted by molar-refractivity contribution is -0.148. The number of hydrogen-bond acceptors (Lipinski definition) is 9. The molecule has 0 aliphatic heterocycles. The van der Waals surface area contributed by atoms with Crippen molar-refractivity contribution >= 4 is 23.4 Å². The Bertz CT molecular complexity index is 1540. The molecule has 0 saturated heterocycles. The summed E-state index contributed by atoms with van der Waals surface area (Å²) in [4.78, 5) is 52.0. The van der Waals surface area contributed by atoms with Crippen molar-refractivity contribution in [2.24, 2.45) is 17.6 Å². The van der Waals surface area contributed by atoms with Gasteiger partial charge in [-0.2, -0.15) is 0 Å². The van der Waals surface area contributed by atoms with Crippen LogP contribution in [0.4, 0.5) is 0 Å². The minimum atomic E-state index is -2.70. The molecule has 0 fully saturated rings. The molecule has 4 atom stereocenters. The normalized spacial score (nSPS) is 26.3. The van der Waals surface area contributed by atoms with Crippen LogP contribution in [-0.2, 0) is 16.0 Å². The first-order valence-electron chi connectivity index (χ1n) is 12.1. The number of amides is 1. The van der Waals surface area contributed by atoms with E-state index in [2.05, 4.69) is 0 Å². The van der Waals surface area contributed by atoms with Gasteiger partial charge in [-0.25, -0.2) is 4.79 Å². The number of aromatic hydroxyl groups is 1. The third-order valence-electron chi connectivity index (χ3n) is 8.05. The summed E-state index contributed by atoms with van der Waals surface area (Å²) in [5, 5.41) is 53.7. The fraction of sp³-hybridized carbons (Fsp3) is 0.286. The quantitative estimate of drug-likeness (QED) is 0.312. The van der Waals surface area contributed by atoms with Gasteiger partial charge in [0.05, 0.1) is 17.2 Å². The van der Waals surface area contributed by atoms with Crippen molar-refractivity contribution in [1.82, 2.24) is 4.90 Å². The summed E-state index contributed by atoms with van der Waals surface area (Å²) in [6, 6.07) is 7.82. The number of nitrogens with two attached hydrogens (primary N) is 1. The van der Waals surface area contributed by atoms with Crippen LogP contribution in [0.3, 0.4) is 0 Å². The minimum Gasteiger partial charge on any atom is -0.510 e. The molecule has 3 aliphatic rings. The first-order chi connectivity index (χ1) is 18.3. The van der Waals surface area contributed by atoms with Crippen molar-refractivity contribution in [3.8, 4) is 16.9 Å². The van der Waals surface area contributed by atoms with Gasteiger partial charge in [-0.3, -0.25) is 19.3 Å². The number of nitrogens with zero attached hydrogens (tertiary/aromatic N) is 1. The van der Waals surface area contributed by atoms with Crippen LogP contribution >= 0.6 is 0 Å². The molecule has 0 bridgehead atoms. The summed E-state index contributed by atoms with van der Waals surface area (Å²) >= 11 is 0. The molecule has 5 rings (SSSR count). The lowest BCUT2D eigenvalue weighted by Gasteiger charge is -2.50. The van der Waals surface area contributed by atoms with Crippen molar-refractivity contribution in [3.05, 3.63) is 75.8 Å². The maximum Gasteiger partial charge on any atom is 0.335 e. The zero-order chi connectivity index (χ0) is 28.5. The number of carbonyl (C=O) groups is 4. The van der Waals surface area contributed by atoms with Crippen LogP contribution < -0.4 is 5.73 Å². The molecule has 202 valence electrons. The monoisotopic (exact) mass is 534 g/mol. The Morgan fingerprint density at radius 1 is 1.03 bits per heavy atom. The highest BCUT2D eigenvalue weighted by Gasteiger charge is 2.63. The number of carboxylic acid groups (broad SMARTS) is 1.